The predicted octanol–water partition coefficient (Wildman–Crippen LogP) is 1.35. The lowest BCUT2D eigenvalue weighted by Crippen LogP contribution is -2.36. The van der Waals surface area contributed by atoms with E-state index in [-0.39, 0.29) is 0 Å². The van der Waals surface area contributed by atoms with Crippen molar-refractivity contribution < 1.29 is 9.90 Å². The normalized spacial score (nSPS) is 12.5. The van der Waals surface area contributed by atoms with Gasteiger partial charge in [0, 0.05) is 11.0 Å². The SMILES string of the molecule is C=C(Br)CNC(CC)C(=O)O. The van der Waals surface area contributed by atoms with Crippen LogP contribution in [0, 0.1) is 0 Å². The summed E-state index contributed by atoms with van der Waals surface area (Å²) in [6, 6.07) is -0.468. The lowest BCUT2D eigenvalue weighted by molar-refractivity contribution is -0.139. The second-order valence-corrected chi connectivity index (χ2v) is 3.32. The summed E-state index contributed by atoms with van der Waals surface area (Å²) in [5.41, 5.74) is 0. The molecule has 0 aromatic heterocycles. The Labute approximate surface area is 74.6 Å². The molecule has 0 bridgehead atoms. The Morgan fingerprint density at radius 3 is 2.64 bits per heavy atom. The second kappa shape index (κ2) is 5.32. The molecule has 0 radical (unpaired) electrons. The number of hydrogen-bond acceptors (Lipinski definition) is 2. The van der Waals surface area contributed by atoms with Gasteiger partial charge in [0.05, 0.1) is 0 Å². The fourth-order valence-corrected chi connectivity index (χ4v) is 0.802. The monoisotopic (exact) mass is 221 g/mol. The van der Waals surface area contributed by atoms with Crippen LogP contribution in [0.15, 0.2) is 11.1 Å². The number of hydrogen-bond donors (Lipinski definition) is 2. The Hall–Kier alpha value is -0.350. The molecule has 0 amide bonds. The highest BCUT2D eigenvalue weighted by atomic mass is 79.9. The molecule has 0 heterocycles. The third kappa shape index (κ3) is 4.98. The Bertz CT molecular complexity index is 159. The van der Waals surface area contributed by atoms with Gasteiger partial charge in [0.15, 0.2) is 0 Å². The van der Waals surface area contributed by atoms with Gasteiger partial charge in [0.1, 0.15) is 6.04 Å². The van der Waals surface area contributed by atoms with E-state index in [1.165, 1.54) is 0 Å². The lowest BCUT2D eigenvalue weighted by atomic mass is 10.2. The molecule has 0 aliphatic heterocycles. The van der Waals surface area contributed by atoms with Crippen LogP contribution in [0.25, 0.3) is 0 Å². The minimum Gasteiger partial charge on any atom is -0.480 e. The molecule has 0 fully saturated rings. The molecule has 2 N–H and O–H groups in total. The summed E-state index contributed by atoms with van der Waals surface area (Å²) in [7, 11) is 0. The molecule has 0 saturated heterocycles. The van der Waals surface area contributed by atoms with Crippen LogP contribution in [-0.2, 0) is 4.79 Å². The molecule has 0 aliphatic carbocycles. The van der Waals surface area contributed by atoms with Gasteiger partial charge < -0.3 is 5.11 Å². The van der Waals surface area contributed by atoms with E-state index >= 15 is 0 Å². The van der Waals surface area contributed by atoms with E-state index in [9.17, 15) is 4.79 Å². The summed E-state index contributed by atoms with van der Waals surface area (Å²) in [6.07, 6.45) is 0.579. The molecule has 1 unspecified atom stereocenters. The highest BCUT2D eigenvalue weighted by Gasteiger charge is 2.12. The molecule has 11 heavy (non-hydrogen) atoms. The maximum absolute atomic E-state index is 10.4. The van der Waals surface area contributed by atoms with Crippen molar-refractivity contribution in [3.05, 3.63) is 11.1 Å². The fourth-order valence-electron chi connectivity index (χ4n) is 0.640. The number of carboxylic acids is 1. The minimum atomic E-state index is -0.818. The minimum absolute atomic E-state index is 0.468. The summed E-state index contributed by atoms with van der Waals surface area (Å²) in [4.78, 5) is 10.4. The van der Waals surface area contributed by atoms with E-state index in [0.717, 1.165) is 4.48 Å². The molecule has 3 nitrogen and oxygen atoms in total. The van der Waals surface area contributed by atoms with Crippen LogP contribution in [-0.4, -0.2) is 23.7 Å². The number of rotatable bonds is 5. The molecule has 0 aromatic rings. The van der Waals surface area contributed by atoms with E-state index in [2.05, 4.69) is 27.8 Å². The number of carboxylic acid groups (broad SMARTS) is 1. The molecule has 0 spiro atoms. The van der Waals surface area contributed by atoms with Gasteiger partial charge >= 0.3 is 5.97 Å². The molecule has 4 heteroatoms. The first-order chi connectivity index (χ1) is 5.07. The van der Waals surface area contributed by atoms with Gasteiger partial charge in [0.2, 0.25) is 0 Å². The van der Waals surface area contributed by atoms with Crippen LogP contribution in [0.1, 0.15) is 13.3 Å². The highest BCUT2D eigenvalue weighted by Crippen LogP contribution is 1.99. The number of nitrogens with one attached hydrogen (secondary N) is 1. The van der Waals surface area contributed by atoms with Gasteiger partial charge in [-0.15, -0.1) is 0 Å². The predicted molar refractivity (Wildman–Crippen MR) is 47.8 cm³/mol. The van der Waals surface area contributed by atoms with E-state index < -0.39 is 12.0 Å². The van der Waals surface area contributed by atoms with E-state index in [4.69, 9.17) is 5.11 Å². The first-order valence-corrected chi connectivity index (χ1v) is 4.16. The first-order valence-electron chi connectivity index (χ1n) is 3.37. The zero-order chi connectivity index (χ0) is 8.85. The number of carbonyl (C=O) groups is 1. The van der Waals surface area contributed by atoms with Gasteiger partial charge in [-0.05, 0) is 6.42 Å². The molecule has 64 valence electrons. The van der Waals surface area contributed by atoms with E-state index in [1.807, 2.05) is 6.92 Å². The quantitative estimate of drug-likeness (QED) is 0.738. The molecule has 0 aliphatic rings. The Morgan fingerprint density at radius 2 is 2.36 bits per heavy atom. The second-order valence-electron chi connectivity index (χ2n) is 2.20. The number of halogens is 1. The van der Waals surface area contributed by atoms with E-state index in [1.54, 1.807) is 0 Å². The fraction of sp³-hybridized carbons (Fsp3) is 0.571. The zero-order valence-corrected chi connectivity index (χ0v) is 8.02. The van der Waals surface area contributed by atoms with Crippen molar-refractivity contribution in [3.8, 4) is 0 Å². The van der Waals surface area contributed by atoms with Crippen LogP contribution < -0.4 is 5.32 Å². The topological polar surface area (TPSA) is 49.3 Å². The van der Waals surface area contributed by atoms with Crippen molar-refractivity contribution in [3.63, 3.8) is 0 Å². The highest BCUT2D eigenvalue weighted by molar-refractivity contribution is 9.11. The van der Waals surface area contributed by atoms with Crippen molar-refractivity contribution >= 4 is 21.9 Å². The Morgan fingerprint density at radius 1 is 1.82 bits per heavy atom. The van der Waals surface area contributed by atoms with Crippen LogP contribution in [0.4, 0.5) is 0 Å². The lowest BCUT2D eigenvalue weighted by Gasteiger charge is -2.10. The largest absolute Gasteiger partial charge is 0.480 e. The smallest absolute Gasteiger partial charge is 0.320 e. The summed E-state index contributed by atoms with van der Waals surface area (Å²) in [6.45, 7) is 5.90. The standard InChI is InChI=1S/C7H12BrNO2/c1-3-6(7(10)11)9-4-5(2)8/h6,9H,2-4H2,1H3,(H,10,11). The van der Waals surface area contributed by atoms with E-state index in [0.29, 0.717) is 13.0 Å². The van der Waals surface area contributed by atoms with Gasteiger partial charge in [0.25, 0.3) is 0 Å². The summed E-state index contributed by atoms with van der Waals surface area (Å²) >= 11 is 3.13. The summed E-state index contributed by atoms with van der Waals surface area (Å²) in [5.74, 6) is -0.818. The van der Waals surface area contributed by atoms with Crippen LogP contribution in [0.2, 0.25) is 0 Å². The van der Waals surface area contributed by atoms with Crippen molar-refractivity contribution in [1.82, 2.24) is 5.32 Å². The molecule has 1 atom stereocenters. The maximum atomic E-state index is 10.4. The molecular formula is C7H12BrNO2. The van der Waals surface area contributed by atoms with Gasteiger partial charge in [-0.2, -0.15) is 0 Å². The van der Waals surface area contributed by atoms with Gasteiger partial charge in [-0.3, -0.25) is 10.1 Å². The van der Waals surface area contributed by atoms with Gasteiger partial charge in [-0.1, -0.05) is 29.4 Å². The van der Waals surface area contributed by atoms with Crippen molar-refractivity contribution in [2.45, 2.75) is 19.4 Å². The van der Waals surface area contributed by atoms with Crippen molar-refractivity contribution in [1.29, 1.82) is 0 Å². The average molecular weight is 222 g/mol. The number of aliphatic carboxylic acids is 1. The summed E-state index contributed by atoms with van der Waals surface area (Å²) in [5, 5.41) is 11.4. The van der Waals surface area contributed by atoms with Gasteiger partial charge in [-0.25, -0.2) is 0 Å². The Balaban J connectivity index is 3.70. The molecular weight excluding hydrogens is 210 g/mol. The Kier molecular flexibility index (Phi) is 5.15. The van der Waals surface area contributed by atoms with Crippen LogP contribution in [0.3, 0.4) is 0 Å². The maximum Gasteiger partial charge on any atom is 0.320 e. The molecule has 0 saturated carbocycles. The molecule has 0 aromatic carbocycles. The zero-order valence-electron chi connectivity index (χ0n) is 6.43. The summed E-state index contributed by atoms with van der Waals surface area (Å²) < 4.78 is 0.761. The average Bonchev–Trinajstić information content (AvgIpc) is 1.87. The third-order valence-electron chi connectivity index (χ3n) is 1.25. The van der Waals surface area contributed by atoms with Crippen molar-refractivity contribution in [2.24, 2.45) is 0 Å². The van der Waals surface area contributed by atoms with Crippen LogP contribution >= 0.6 is 15.9 Å². The molecule has 0 rings (SSSR count). The third-order valence-corrected chi connectivity index (χ3v) is 1.53. The van der Waals surface area contributed by atoms with Crippen LogP contribution in [0.5, 0.6) is 0 Å². The van der Waals surface area contributed by atoms with Crippen molar-refractivity contribution in [2.75, 3.05) is 6.54 Å². The first kappa shape index (κ1) is 10.7.